The van der Waals surface area contributed by atoms with Crippen molar-refractivity contribution in [3.8, 4) is 0 Å². The van der Waals surface area contributed by atoms with Crippen LogP contribution in [0, 0.1) is 0 Å². The average Bonchev–Trinajstić information content (AvgIpc) is 2.71. The van der Waals surface area contributed by atoms with E-state index in [-0.39, 0.29) is 13.2 Å². The number of imidazole rings is 1. The first kappa shape index (κ1) is 13.7. The molecule has 0 saturated carbocycles. The van der Waals surface area contributed by atoms with Gasteiger partial charge in [-0.3, -0.25) is 0 Å². The number of rotatable bonds is 6. The second kappa shape index (κ2) is 5.94. The number of nitrogen functional groups attached to an aromatic ring is 1. The number of nitrogens with zero attached hydrogens (tertiary/aromatic N) is 2. The topological polar surface area (TPSA) is 73.3 Å². The lowest BCUT2D eigenvalue weighted by atomic mass is 10.3. The molecule has 0 fully saturated rings. The lowest BCUT2D eigenvalue weighted by Gasteiger charge is -2.08. The van der Waals surface area contributed by atoms with E-state index in [0.29, 0.717) is 23.6 Å². The van der Waals surface area contributed by atoms with Crippen molar-refractivity contribution in [1.82, 2.24) is 9.55 Å². The van der Waals surface area contributed by atoms with Crippen LogP contribution in [0.5, 0.6) is 0 Å². The maximum absolute atomic E-state index is 11.9. The molecule has 0 bridgehead atoms. The quantitative estimate of drug-likeness (QED) is 0.615. The number of fused-ring (bicyclic) bond motifs is 1. The Bertz CT molecular complexity index is 557. The summed E-state index contributed by atoms with van der Waals surface area (Å²) in [6.45, 7) is -0.340. The van der Waals surface area contributed by atoms with Gasteiger partial charge in [0, 0.05) is 12.2 Å². The van der Waals surface area contributed by atoms with Gasteiger partial charge >= 0.3 is 0 Å². The van der Waals surface area contributed by atoms with E-state index in [1.807, 2.05) is 0 Å². The summed E-state index contributed by atoms with van der Waals surface area (Å²) in [5.74, 6) is 0.459. The van der Waals surface area contributed by atoms with Gasteiger partial charge in [-0.25, -0.2) is 13.8 Å². The smallest absolute Gasteiger partial charge is 0.261 e. The van der Waals surface area contributed by atoms with Gasteiger partial charge in [0.1, 0.15) is 19.0 Å². The number of aliphatic hydroxyl groups is 1. The van der Waals surface area contributed by atoms with Gasteiger partial charge in [-0.05, 0) is 18.2 Å². The summed E-state index contributed by atoms with van der Waals surface area (Å²) >= 11 is 0. The van der Waals surface area contributed by atoms with Crippen molar-refractivity contribution < 1.29 is 18.6 Å². The lowest BCUT2D eigenvalue weighted by molar-refractivity contribution is 0.0146. The van der Waals surface area contributed by atoms with Crippen LogP contribution in [0.3, 0.4) is 0 Å². The predicted octanol–water partition coefficient (Wildman–Crippen LogP) is 1.39. The van der Waals surface area contributed by atoms with Gasteiger partial charge in [0.2, 0.25) is 0 Å². The third kappa shape index (κ3) is 3.18. The number of hydrogen-bond acceptors (Lipinski definition) is 4. The normalized spacial score (nSPS) is 11.6. The minimum atomic E-state index is -2.48. The molecule has 1 heterocycles. The highest BCUT2D eigenvalue weighted by molar-refractivity contribution is 5.79. The third-order valence-electron chi connectivity index (χ3n) is 2.70. The first-order valence-corrected chi connectivity index (χ1v) is 5.83. The zero-order valence-corrected chi connectivity index (χ0v) is 10.2. The molecular formula is C12H15F2N3O2. The molecule has 1 aromatic heterocycles. The molecule has 104 valence electrons. The standard InChI is InChI=1S/C12H15F2N3O2/c13-11(14)7-19-4-3-17-10-2-1-8(15)5-9(10)16-12(17)6-18/h1-2,5,11,18H,3-4,6-7,15H2. The Morgan fingerprint density at radius 2 is 2.21 bits per heavy atom. The van der Waals surface area contributed by atoms with E-state index in [4.69, 9.17) is 10.5 Å². The Labute approximate surface area is 108 Å². The third-order valence-corrected chi connectivity index (χ3v) is 2.70. The van der Waals surface area contributed by atoms with Crippen LogP contribution in [0.4, 0.5) is 14.5 Å². The fraction of sp³-hybridized carbons (Fsp3) is 0.417. The fourth-order valence-electron chi connectivity index (χ4n) is 1.90. The highest BCUT2D eigenvalue weighted by atomic mass is 19.3. The van der Waals surface area contributed by atoms with Crippen LogP contribution in [-0.2, 0) is 17.9 Å². The predicted molar refractivity (Wildman–Crippen MR) is 66.9 cm³/mol. The molecule has 0 atom stereocenters. The number of nitrogens with two attached hydrogens (primary N) is 1. The summed E-state index contributed by atoms with van der Waals surface area (Å²) in [6.07, 6.45) is -2.48. The van der Waals surface area contributed by atoms with Crippen molar-refractivity contribution in [2.24, 2.45) is 0 Å². The first-order chi connectivity index (χ1) is 9.11. The van der Waals surface area contributed by atoms with Gasteiger partial charge in [-0.2, -0.15) is 0 Å². The van der Waals surface area contributed by atoms with Gasteiger partial charge in [-0.15, -0.1) is 0 Å². The molecule has 0 spiro atoms. The van der Waals surface area contributed by atoms with E-state index >= 15 is 0 Å². The molecule has 0 saturated heterocycles. The summed E-state index contributed by atoms with van der Waals surface area (Å²) in [5, 5.41) is 9.26. The molecule has 0 aliphatic carbocycles. The zero-order valence-electron chi connectivity index (χ0n) is 10.2. The Morgan fingerprint density at radius 1 is 1.42 bits per heavy atom. The van der Waals surface area contributed by atoms with Crippen LogP contribution >= 0.6 is 0 Å². The van der Waals surface area contributed by atoms with E-state index in [1.54, 1.807) is 22.8 Å². The molecule has 0 unspecified atom stereocenters. The molecule has 2 aromatic rings. The lowest BCUT2D eigenvalue weighted by Crippen LogP contribution is -2.12. The van der Waals surface area contributed by atoms with Gasteiger partial charge in [0.15, 0.2) is 0 Å². The number of anilines is 1. The maximum Gasteiger partial charge on any atom is 0.261 e. The number of ether oxygens (including phenoxy) is 1. The van der Waals surface area contributed by atoms with Gasteiger partial charge in [-0.1, -0.05) is 0 Å². The molecule has 0 amide bonds. The van der Waals surface area contributed by atoms with E-state index in [9.17, 15) is 13.9 Å². The second-order valence-electron chi connectivity index (χ2n) is 4.05. The first-order valence-electron chi connectivity index (χ1n) is 5.83. The van der Waals surface area contributed by atoms with Crippen molar-refractivity contribution in [3.05, 3.63) is 24.0 Å². The van der Waals surface area contributed by atoms with Crippen LogP contribution in [-0.4, -0.2) is 34.3 Å². The largest absolute Gasteiger partial charge is 0.399 e. The summed E-state index contributed by atoms with van der Waals surface area (Å²) < 4.78 is 30.5. The SMILES string of the molecule is Nc1ccc2c(c1)nc(CO)n2CCOCC(F)F. The highest BCUT2D eigenvalue weighted by Crippen LogP contribution is 2.19. The Hall–Kier alpha value is -1.73. The Morgan fingerprint density at radius 3 is 2.89 bits per heavy atom. The van der Waals surface area contributed by atoms with Crippen LogP contribution < -0.4 is 5.73 Å². The molecule has 0 radical (unpaired) electrons. The van der Waals surface area contributed by atoms with Gasteiger partial charge in [0.05, 0.1) is 17.6 Å². The molecule has 5 nitrogen and oxygen atoms in total. The second-order valence-corrected chi connectivity index (χ2v) is 4.05. The summed E-state index contributed by atoms with van der Waals surface area (Å²) in [4.78, 5) is 4.24. The molecule has 0 aliphatic rings. The van der Waals surface area contributed by atoms with Gasteiger partial charge in [0.25, 0.3) is 6.43 Å². The van der Waals surface area contributed by atoms with Crippen LogP contribution in [0.2, 0.25) is 0 Å². The van der Waals surface area contributed by atoms with Crippen LogP contribution in [0.25, 0.3) is 11.0 Å². The Kier molecular flexibility index (Phi) is 4.28. The van der Waals surface area contributed by atoms with E-state index < -0.39 is 13.0 Å². The van der Waals surface area contributed by atoms with Crippen molar-refractivity contribution in [3.63, 3.8) is 0 Å². The minimum absolute atomic E-state index is 0.132. The molecule has 1 aromatic carbocycles. The molecular weight excluding hydrogens is 256 g/mol. The summed E-state index contributed by atoms with van der Waals surface area (Å²) in [7, 11) is 0. The highest BCUT2D eigenvalue weighted by Gasteiger charge is 2.10. The van der Waals surface area contributed by atoms with Gasteiger partial charge < -0.3 is 20.1 Å². The van der Waals surface area contributed by atoms with Crippen LogP contribution in [0.15, 0.2) is 18.2 Å². The molecule has 0 aliphatic heterocycles. The number of alkyl halides is 2. The average molecular weight is 271 g/mol. The zero-order chi connectivity index (χ0) is 13.8. The molecule has 19 heavy (non-hydrogen) atoms. The van der Waals surface area contributed by atoms with Crippen molar-refractivity contribution in [2.45, 2.75) is 19.6 Å². The minimum Gasteiger partial charge on any atom is -0.399 e. The number of benzene rings is 1. The molecule has 3 N–H and O–H groups in total. The Balaban J connectivity index is 2.16. The number of hydrogen-bond donors (Lipinski definition) is 2. The van der Waals surface area contributed by atoms with Crippen molar-refractivity contribution in [1.29, 1.82) is 0 Å². The number of aliphatic hydroxyl groups excluding tert-OH is 1. The van der Waals surface area contributed by atoms with Crippen LogP contribution in [0.1, 0.15) is 5.82 Å². The summed E-state index contributed by atoms with van der Waals surface area (Å²) in [5.41, 5.74) is 7.69. The number of aromatic nitrogens is 2. The molecule has 7 heteroatoms. The van der Waals surface area contributed by atoms with Crippen molar-refractivity contribution in [2.75, 3.05) is 18.9 Å². The van der Waals surface area contributed by atoms with E-state index in [1.165, 1.54) is 0 Å². The number of halogens is 2. The fourth-order valence-corrected chi connectivity index (χ4v) is 1.90. The monoisotopic (exact) mass is 271 g/mol. The molecule has 2 rings (SSSR count). The summed E-state index contributed by atoms with van der Waals surface area (Å²) in [6, 6.07) is 5.20. The van der Waals surface area contributed by atoms with Crippen molar-refractivity contribution >= 4 is 16.7 Å². The maximum atomic E-state index is 11.9. The van der Waals surface area contributed by atoms with E-state index in [2.05, 4.69) is 4.98 Å². The van der Waals surface area contributed by atoms with E-state index in [0.717, 1.165) is 5.52 Å².